The lowest BCUT2D eigenvalue weighted by atomic mass is 10.1. The molecule has 5 heteroatoms. The predicted octanol–water partition coefficient (Wildman–Crippen LogP) is 4.13. The van der Waals surface area contributed by atoms with Crippen LogP contribution in [0.5, 0.6) is 0 Å². The molecule has 1 heterocycles. The monoisotopic (exact) mass is 340 g/mol. The average molecular weight is 340 g/mol. The van der Waals surface area contributed by atoms with Gasteiger partial charge in [-0.3, -0.25) is 4.79 Å². The Morgan fingerprint density at radius 2 is 1.84 bits per heavy atom. The molecule has 1 aromatic carbocycles. The highest BCUT2D eigenvalue weighted by atomic mass is 16.2. The number of carbonyl (C=O) groups excluding carboxylic acids is 1. The van der Waals surface area contributed by atoms with E-state index in [4.69, 9.17) is 0 Å². The van der Waals surface area contributed by atoms with E-state index in [1.807, 2.05) is 55.1 Å². The van der Waals surface area contributed by atoms with Gasteiger partial charge in [0.25, 0.3) is 5.91 Å². The van der Waals surface area contributed by atoms with Crippen molar-refractivity contribution in [3.8, 4) is 0 Å². The molecular formula is C20H28N4O. The highest BCUT2D eigenvalue weighted by Gasteiger charge is 2.20. The van der Waals surface area contributed by atoms with E-state index in [1.165, 1.54) is 12.8 Å². The molecule has 0 aliphatic heterocycles. The van der Waals surface area contributed by atoms with Gasteiger partial charge in [0.2, 0.25) is 0 Å². The zero-order chi connectivity index (χ0) is 18.1. The van der Waals surface area contributed by atoms with Gasteiger partial charge in [0.1, 0.15) is 5.82 Å². The quantitative estimate of drug-likeness (QED) is 0.697. The van der Waals surface area contributed by atoms with E-state index in [1.54, 1.807) is 6.07 Å². The molecule has 1 N–H and O–H groups in total. The van der Waals surface area contributed by atoms with E-state index in [2.05, 4.69) is 22.4 Å². The van der Waals surface area contributed by atoms with Crippen LogP contribution in [0.2, 0.25) is 0 Å². The summed E-state index contributed by atoms with van der Waals surface area (Å²) in [5.74, 6) is 0.621. The molecular weight excluding hydrogens is 312 g/mol. The highest BCUT2D eigenvalue weighted by Crippen LogP contribution is 2.13. The van der Waals surface area contributed by atoms with Crippen LogP contribution in [0.25, 0.3) is 0 Å². The minimum Gasteiger partial charge on any atom is -0.369 e. The van der Waals surface area contributed by atoms with E-state index in [0.717, 1.165) is 18.5 Å². The first kappa shape index (κ1) is 18.9. The molecule has 0 atom stereocenters. The maximum absolute atomic E-state index is 12.8. The molecule has 1 amide bonds. The maximum atomic E-state index is 12.8. The van der Waals surface area contributed by atoms with Gasteiger partial charge in [0, 0.05) is 19.1 Å². The Morgan fingerprint density at radius 3 is 2.44 bits per heavy atom. The van der Waals surface area contributed by atoms with Crippen LogP contribution in [0.4, 0.5) is 5.82 Å². The molecule has 0 bridgehead atoms. The van der Waals surface area contributed by atoms with Crippen LogP contribution in [0.15, 0.2) is 42.5 Å². The SMILES string of the molecule is CCCCCNc1ccc(C(=O)N(Cc2ccccc2)C(C)C)nn1. The molecule has 1 aromatic heterocycles. The lowest BCUT2D eigenvalue weighted by Gasteiger charge is -2.26. The molecule has 0 radical (unpaired) electrons. The summed E-state index contributed by atoms with van der Waals surface area (Å²) in [6, 6.07) is 13.7. The van der Waals surface area contributed by atoms with Gasteiger partial charge in [0.05, 0.1) is 0 Å². The number of unbranched alkanes of at least 4 members (excludes halogenated alkanes) is 2. The topological polar surface area (TPSA) is 58.1 Å². The Balaban J connectivity index is 2.01. The molecule has 0 fully saturated rings. The summed E-state index contributed by atoms with van der Waals surface area (Å²) in [6.45, 7) is 7.64. The summed E-state index contributed by atoms with van der Waals surface area (Å²) in [4.78, 5) is 14.6. The van der Waals surface area contributed by atoms with Crippen molar-refractivity contribution in [3.63, 3.8) is 0 Å². The van der Waals surface area contributed by atoms with Crippen LogP contribution < -0.4 is 5.32 Å². The Morgan fingerprint density at radius 1 is 1.08 bits per heavy atom. The van der Waals surface area contributed by atoms with Crippen LogP contribution in [-0.2, 0) is 6.54 Å². The van der Waals surface area contributed by atoms with Gasteiger partial charge >= 0.3 is 0 Å². The number of nitrogens with zero attached hydrogens (tertiary/aromatic N) is 3. The Labute approximate surface area is 150 Å². The summed E-state index contributed by atoms with van der Waals surface area (Å²) in [5, 5.41) is 11.5. The summed E-state index contributed by atoms with van der Waals surface area (Å²) in [7, 11) is 0. The van der Waals surface area contributed by atoms with Crippen LogP contribution in [0.3, 0.4) is 0 Å². The molecule has 0 saturated carbocycles. The molecule has 25 heavy (non-hydrogen) atoms. The Kier molecular flexibility index (Phi) is 7.38. The molecule has 0 aliphatic rings. The van der Waals surface area contributed by atoms with Crippen LogP contribution in [0.1, 0.15) is 56.1 Å². The number of hydrogen-bond acceptors (Lipinski definition) is 4. The van der Waals surface area contributed by atoms with Gasteiger partial charge in [-0.15, -0.1) is 10.2 Å². The second-order valence-electron chi connectivity index (χ2n) is 6.45. The average Bonchev–Trinajstić information content (AvgIpc) is 2.64. The van der Waals surface area contributed by atoms with Gasteiger partial charge < -0.3 is 10.2 Å². The highest BCUT2D eigenvalue weighted by molar-refractivity contribution is 5.92. The first-order valence-corrected chi connectivity index (χ1v) is 9.04. The van der Waals surface area contributed by atoms with Crippen molar-refractivity contribution in [1.82, 2.24) is 15.1 Å². The standard InChI is InChI=1S/C20H28N4O/c1-4-5-9-14-21-19-13-12-18(22-23-19)20(25)24(16(2)3)15-17-10-7-6-8-11-17/h6-8,10-13,16H,4-5,9,14-15H2,1-3H3,(H,21,23). The molecule has 2 rings (SSSR count). The molecule has 0 saturated heterocycles. The molecule has 2 aromatic rings. The van der Waals surface area contributed by atoms with Crippen molar-refractivity contribution in [3.05, 3.63) is 53.7 Å². The van der Waals surface area contributed by atoms with E-state index < -0.39 is 0 Å². The molecule has 0 unspecified atom stereocenters. The zero-order valence-electron chi connectivity index (χ0n) is 15.4. The van der Waals surface area contributed by atoms with Gasteiger partial charge in [0.15, 0.2) is 5.69 Å². The van der Waals surface area contributed by atoms with Gasteiger partial charge in [-0.25, -0.2) is 0 Å². The zero-order valence-corrected chi connectivity index (χ0v) is 15.4. The third-order valence-corrected chi connectivity index (χ3v) is 4.05. The summed E-state index contributed by atoms with van der Waals surface area (Å²) in [5.41, 5.74) is 1.48. The number of nitrogens with one attached hydrogen (secondary N) is 1. The van der Waals surface area contributed by atoms with Crippen molar-refractivity contribution in [2.24, 2.45) is 0 Å². The summed E-state index contributed by atoms with van der Waals surface area (Å²) >= 11 is 0. The number of rotatable bonds is 9. The number of amides is 1. The maximum Gasteiger partial charge on any atom is 0.274 e. The number of anilines is 1. The predicted molar refractivity (Wildman–Crippen MR) is 101 cm³/mol. The van der Waals surface area contributed by atoms with Crippen molar-refractivity contribution >= 4 is 11.7 Å². The largest absolute Gasteiger partial charge is 0.369 e. The fourth-order valence-corrected chi connectivity index (χ4v) is 2.55. The van der Waals surface area contributed by atoms with E-state index in [9.17, 15) is 4.79 Å². The van der Waals surface area contributed by atoms with Crippen LogP contribution >= 0.6 is 0 Å². The van der Waals surface area contributed by atoms with Crippen LogP contribution in [0, 0.1) is 0 Å². The fraction of sp³-hybridized carbons (Fsp3) is 0.450. The minimum atomic E-state index is -0.0936. The van der Waals surface area contributed by atoms with Gasteiger partial charge in [-0.05, 0) is 38.0 Å². The lowest BCUT2D eigenvalue weighted by molar-refractivity contribution is 0.0683. The molecule has 134 valence electrons. The second kappa shape index (κ2) is 9.77. The normalized spacial score (nSPS) is 10.7. The third kappa shape index (κ3) is 5.85. The third-order valence-electron chi connectivity index (χ3n) is 4.05. The summed E-state index contributed by atoms with van der Waals surface area (Å²) < 4.78 is 0. The van der Waals surface area contributed by atoms with E-state index in [0.29, 0.717) is 18.1 Å². The number of hydrogen-bond donors (Lipinski definition) is 1. The van der Waals surface area contributed by atoms with Gasteiger partial charge in [-0.2, -0.15) is 0 Å². The van der Waals surface area contributed by atoms with Crippen molar-refractivity contribution < 1.29 is 4.79 Å². The Bertz CT molecular complexity index is 641. The second-order valence-corrected chi connectivity index (χ2v) is 6.45. The van der Waals surface area contributed by atoms with Crippen molar-refractivity contribution in [2.45, 2.75) is 52.6 Å². The number of aromatic nitrogens is 2. The smallest absolute Gasteiger partial charge is 0.274 e. The lowest BCUT2D eigenvalue weighted by Crippen LogP contribution is -2.37. The Hall–Kier alpha value is -2.43. The van der Waals surface area contributed by atoms with E-state index >= 15 is 0 Å². The first-order valence-electron chi connectivity index (χ1n) is 9.04. The van der Waals surface area contributed by atoms with Crippen molar-refractivity contribution in [1.29, 1.82) is 0 Å². The van der Waals surface area contributed by atoms with Gasteiger partial charge in [-0.1, -0.05) is 50.1 Å². The fourth-order valence-electron chi connectivity index (χ4n) is 2.55. The molecule has 0 spiro atoms. The molecule has 5 nitrogen and oxygen atoms in total. The number of benzene rings is 1. The number of carbonyl (C=O) groups is 1. The minimum absolute atomic E-state index is 0.0846. The first-order chi connectivity index (χ1) is 12.1. The van der Waals surface area contributed by atoms with Crippen molar-refractivity contribution in [2.75, 3.05) is 11.9 Å². The molecule has 0 aliphatic carbocycles. The van der Waals surface area contributed by atoms with Crippen LogP contribution in [-0.4, -0.2) is 33.6 Å². The summed E-state index contributed by atoms with van der Waals surface area (Å²) in [6.07, 6.45) is 3.49. The van der Waals surface area contributed by atoms with E-state index in [-0.39, 0.29) is 11.9 Å².